The van der Waals surface area contributed by atoms with Gasteiger partial charge in [-0.1, -0.05) is 29.4 Å². The van der Waals surface area contributed by atoms with Crippen molar-refractivity contribution in [2.24, 2.45) is 10.8 Å². The number of hydrogen-bond acceptors (Lipinski definition) is 3. The van der Waals surface area contributed by atoms with Gasteiger partial charge in [0, 0.05) is 26.6 Å². The summed E-state index contributed by atoms with van der Waals surface area (Å²) in [5, 5.41) is 4.68. The molecule has 0 saturated heterocycles. The van der Waals surface area contributed by atoms with Gasteiger partial charge in [0.1, 0.15) is 0 Å². The normalized spacial score (nSPS) is 16.3. The first kappa shape index (κ1) is 17.1. The fourth-order valence-electron chi connectivity index (χ4n) is 2.68. The molecule has 3 N–H and O–H groups in total. The minimum Gasteiger partial charge on any atom is -0.350 e. The van der Waals surface area contributed by atoms with Crippen molar-refractivity contribution >= 4 is 46.7 Å². The Morgan fingerprint density at radius 1 is 1.25 bits per heavy atom. The molecule has 1 heterocycles. The van der Waals surface area contributed by atoms with Crippen LogP contribution in [0.5, 0.6) is 0 Å². The van der Waals surface area contributed by atoms with E-state index in [2.05, 4.69) is 22.7 Å². The highest BCUT2D eigenvalue weighted by Gasteiger charge is 2.26. The highest BCUT2D eigenvalue weighted by atomic mass is 35.5. The lowest BCUT2D eigenvalue weighted by atomic mass is 9.90. The Kier molecular flexibility index (Phi) is 5.04. The van der Waals surface area contributed by atoms with Crippen molar-refractivity contribution in [1.82, 2.24) is 5.43 Å². The standard InChI is InChI=1S/C17H15Cl2N3OS/c1-9(21-22-17(20)23)10-2-4-15-12(6-10)14(8-18)13-7-11(19)3-5-16(13)24-15/h2-7,14H,8H2,1H3,(H3,20,22,23)/b21-9-. The van der Waals surface area contributed by atoms with Crippen molar-refractivity contribution in [3.8, 4) is 0 Å². The van der Waals surface area contributed by atoms with Crippen molar-refractivity contribution in [3.05, 3.63) is 58.1 Å². The van der Waals surface area contributed by atoms with Crippen LogP contribution in [0.4, 0.5) is 4.79 Å². The molecule has 0 saturated carbocycles. The summed E-state index contributed by atoms with van der Waals surface area (Å²) >= 11 is 14.1. The van der Waals surface area contributed by atoms with E-state index in [1.807, 2.05) is 31.2 Å². The predicted octanol–water partition coefficient (Wildman–Crippen LogP) is 4.57. The molecular weight excluding hydrogens is 365 g/mol. The first-order valence-corrected chi connectivity index (χ1v) is 9.00. The van der Waals surface area contributed by atoms with Gasteiger partial charge in [0.05, 0.1) is 5.71 Å². The van der Waals surface area contributed by atoms with E-state index in [-0.39, 0.29) is 5.92 Å². The van der Waals surface area contributed by atoms with Gasteiger partial charge in [0.15, 0.2) is 0 Å². The van der Waals surface area contributed by atoms with Crippen molar-refractivity contribution < 1.29 is 4.79 Å². The van der Waals surface area contributed by atoms with Gasteiger partial charge in [0.25, 0.3) is 0 Å². The number of urea groups is 1. The molecule has 1 aliphatic heterocycles. The number of nitrogens with one attached hydrogen (secondary N) is 1. The maximum atomic E-state index is 10.8. The molecule has 0 aromatic heterocycles. The molecule has 3 rings (SSSR count). The molecule has 7 heteroatoms. The number of nitrogens with two attached hydrogens (primary N) is 1. The first-order chi connectivity index (χ1) is 11.5. The summed E-state index contributed by atoms with van der Waals surface area (Å²) in [5.41, 5.74) is 11.2. The van der Waals surface area contributed by atoms with Gasteiger partial charge in [-0.2, -0.15) is 5.10 Å². The van der Waals surface area contributed by atoms with E-state index in [1.54, 1.807) is 11.8 Å². The van der Waals surface area contributed by atoms with E-state index in [4.69, 9.17) is 28.9 Å². The van der Waals surface area contributed by atoms with Crippen molar-refractivity contribution in [1.29, 1.82) is 0 Å². The second-order valence-corrected chi connectivity index (χ2v) is 7.25. The van der Waals surface area contributed by atoms with Crippen molar-refractivity contribution in [2.45, 2.75) is 22.6 Å². The topological polar surface area (TPSA) is 67.5 Å². The number of halogens is 2. The number of hydrazone groups is 1. The summed E-state index contributed by atoms with van der Waals surface area (Å²) in [6.45, 7) is 1.81. The molecule has 1 atom stereocenters. The molecule has 2 amide bonds. The molecular formula is C17H15Cl2N3OS. The third-order valence-electron chi connectivity index (χ3n) is 3.86. The second kappa shape index (κ2) is 7.05. The second-order valence-electron chi connectivity index (χ2n) is 5.42. The quantitative estimate of drug-likeness (QED) is 0.465. The molecule has 4 nitrogen and oxygen atoms in total. The van der Waals surface area contributed by atoms with E-state index >= 15 is 0 Å². The summed E-state index contributed by atoms with van der Waals surface area (Å²) in [7, 11) is 0. The molecule has 0 spiro atoms. The maximum Gasteiger partial charge on any atom is 0.332 e. The van der Waals surface area contributed by atoms with Crippen LogP contribution in [-0.2, 0) is 0 Å². The number of rotatable bonds is 3. The summed E-state index contributed by atoms with van der Waals surface area (Å²) in [4.78, 5) is 13.1. The highest BCUT2D eigenvalue weighted by molar-refractivity contribution is 7.99. The van der Waals surface area contributed by atoms with Crippen LogP contribution in [0.25, 0.3) is 0 Å². The summed E-state index contributed by atoms with van der Waals surface area (Å²) in [6.07, 6.45) is 0. The molecule has 1 unspecified atom stereocenters. The number of amides is 2. The van der Waals surface area contributed by atoms with Gasteiger partial charge >= 0.3 is 6.03 Å². The Bertz CT molecular complexity index is 839. The third kappa shape index (κ3) is 3.38. The minimum atomic E-state index is -0.690. The molecule has 1 aliphatic rings. The number of carbonyl (C=O) groups is 1. The van der Waals surface area contributed by atoms with Gasteiger partial charge in [-0.05, 0) is 53.9 Å². The van der Waals surface area contributed by atoms with Gasteiger partial charge in [-0.3, -0.25) is 0 Å². The molecule has 2 aromatic carbocycles. The van der Waals surface area contributed by atoms with E-state index < -0.39 is 6.03 Å². The maximum absolute atomic E-state index is 10.8. The van der Waals surface area contributed by atoms with Crippen LogP contribution in [0.3, 0.4) is 0 Å². The van der Waals surface area contributed by atoms with Crippen LogP contribution in [0, 0.1) is 0 Å². The first-order valence-electron chi connectivity index (χ1n) is 7.27. The van der Waals surface area contributed by atoms with E-state index in [9.17, 15) is 4.79 Å². The highest BCUT2D eigenvalue weighted by Crippen LogP contribution is 2.47. The Morgan fingerprint density at radius 2 is 1.92 bits per heavy atom. The number of fused-ring (bicyclic) bond motifs is 2. The largest absolute Gasteiger partial charge is 0.350 e. The molecule has 0 fully saturated rings. The van der Waals surface area contributed by atoms with Crippen LogP contribution in [-0.4, -0.2) is 17.6 Å². The van der Waals surface area contributed by atoms with E-state index in [0.717, 1.165) is 21.6 Å². The van der Waals surface area contributed by atoms with E-state index in [1.165, 1.54) is 4.90 Å². The monoisotopic (exact) mass is 379 g/mol. The number of primary amides is 1. The van der Waals surface area contributed by atoms with Crippen molar-refractivity contribution in [3.63, 3.8) is 0 Å². The molecule has 0 aliphatic carbocycles. The predicted molar refractivity (Wildman–Crippen MR) is 99.5 cm³/mol. The Balaban J connectivity index is 2.02. The Labute approximate surface area is 154 Å². The third-order valence-corrected chi connectivity index (χ3v) is 5.59. The van der Waals surface area contributed by atoms with Crippen LogP contribution in [0.1, 0.15) is 29.5 Å². The summed E-state index contributed by atoms with van der Waals surface area (Å²) < 4.78 is 0. The number of benzene rings is 2. The van der Waals surface area contributed by atoms with Crippen LogP contribution < -0.4 is 11.2 Å². The van der Waals surface area contributed by atoms with Gasteiger partial charge in [-0.15, -0.1) is 11.6 Å². The average Bonchev–Trinajstić information content (AvgIpc) is 2.57. The minimum absolute atomic E-state index is 0.0634. The lowest BCUT2D eigenvalue weighted by molar-refractivity contribution is 0.249. The number of carbonyl (C=O) groups excluding carboxylic acids is 1. The van der Waals surface area contributed by atoms with Crippen LogP contribution in [0.2, 0.25) is 5.02 Å². The molecule has 0 radical (unpaired) electrons. The zero-order valence-corrected chi connectivity index (χ0v) is 15.2. The van der Waals surface area contributed by atoms with Crippen molar-refractivity contribution in [2.75, 3.05) is 5.88 Å². The summed E-state index contributed by atoms with van der Waals surface area (Å²) in [6, 6.07) is 11.3. The smallest absolute Gasteiger partial charge is 0.332 e. The number of hydrogen-bond donors (Lipinski definition) is 2. The van der Waals surface area contributed by atoms with Crippen LogP contribution in [0.15, 0.2) is 51.3 Å². The fourth-order valence-corrected chi connectivity index (χ4v) is 4.34. The number of alkyl halides is 1. The fraction of sp³-hybridized carbons (Fsp3) is 0.176. The Morgan fingerprint density at radius 3 is 2.58 bits per heavy atom. The molecule has 0 bridgehead atoms. The Hall–Kier alpha value is -1.69. The molecule has 124 valence electrons. The summed E-state index contributed by atoms with van der Waals surface area (Å²) in [5.74, 6) is 0.522. The van der Waals surface area contributed by atoms with Gasteiger partial charge < -0.3 is 5.73 Å². The zero-order valence-electron chi connectivity index (χ0n) is 12.8. The molecule has 2 aromatic rings. The molecule has 24 heavy (non-hydrogen) atoms. The van der Waals surface area contributed by atoms with Gasteiger partial charge in [0.2, 0.25) is 0 Å². The SMILES string of the molecule is C/C(=N/NC(N)=O)c1ccc2c(c1)C(CCl)c1cc(Cl)ccc1S2. The number of nitrogens with zero attached hydrogens (tertiary/aromatic N) is 1. The van der Waals surface area contributed by atoms with Crippen LogP contribution >= 0.6 is 35.0 Å². The van der Waals surface area contributed by atoms with Gasteiger partial charge in [-0.25, -0.2) is 10.2 Å². The average molecular weight is 380 g/mol. The lowest BCUT2D eigenvalue weighted by Gasteiger charge is -2.27. The lowest BCUT2D eigenvalue weighted by Crippen LogP contribution is -2.25. The zero-order chi connectivity index (χ0) is 17.3. The van der Waals surface area contributed by atoms with E-state index in [0.29, 0.717) is 16.6 Å².